The van der Waals surface area contributed by atoms with Gasteiger partial charge in [0.25, 0.3) is 0 Å². The molecule has 0 radical (unpaired) electrons. The van der Waals surface area contributed by atoms with Crippen LogP contribution in [0.3, 0.4) is 0 Å². The third-order valence-corrected chi connectivity index (χ3v) is 1.18. The van der Waals surface area contributed by atoms with Gasteiger partial charge in [0.1, 0.15) is 12.2 Å². The molecule has 0 rings (SSSR count). The van der Waals surface area contributed by atoms with E-state index in [9.17, 15) is 9.59 Å². The number of carbonyl (C=O) groups is 2. The van der Waals surface area contributed by atoms with E-state index in [0.717, 1.165) is 0 Å². The van der Waals surface area contributed by atoms with Crippen molar-refractivity contribution < 1.29 is 52.5 Å². The molecular weight excluding hydrogens is 240 g/mol. The maximum absolute atomic E-state index is 9.89. The smallest absolute Gasteiger partial charge is 0.157 e. The second-order valence-electron chi connectivity index (χ2n) is 2.57. The first-order valence-corrected chi connectivity index (χ1v) is 3.66. The Kier molecular flexibility index (Phi) is 32.0. The van der Waals surface area contributed by atoms with Crippen molar-refractivity contribution in [2.45, 2.75) is 39.9 Å². The van der Waals surface area contributed by atoms with E-state index < -0.39 is 12.2 Å². The fraction of sp³-hybridized carbons (Fsp3) is 0.750. The number of rotatable bonds is 2. The molecule has 6 N–H and O–H groups in total. The van der Waals surface area contributed by atoms with Gasteiger partial charge in [-0.15, -0.1) is 0 Å². The van der Waals surface area contributed by atoms with Crippen molar-refractivity contribution >= 4 is 11.6 Å². The van der Waals surface area contributed by atoms with E-state index in [4.69, 9.17) is 10.2 Å². The summed E-state index contributed by atoms with van der Waals surface area (Å²) < 4.78 is 0. The van der Waals surface area contributed by atoms with Crippen LogP contribution in [0.1, 0.15) is 27.7 Å². The van der Waals surface area contributed by atoms with Gasteiger partial charge in [-0.05, 0) is 27.7 Å². The van der Waals surface area contributed by atoms with Crippen molar-refractivity contribution in [3.8, 4) is 0 Å². The Labute approximate surface area is 104 Å². The average Bonchev–Trinajstić information content (AvgIpc) is 1.88. The van der Waals surface area contributed by atoms with Crippen LogP contribution < -0.4 is 0 Å². The molecule has 0 saturated carbocycles. The molecule has 2 unspecified atom stereocenters. The number of hydrogen-bond acceptors (Lipinski definition) is 4. The van der Waals surface area contributed by atoms with Crippen LogP contribution in [-0.2, 0) is 31.3 Å². The van der Waals surface area contributed by atoms with Crippen molar-refractivity contribution in [3.05, 3.63) is 0 Å². The Bertz CT molecular complexity index is 139. The minimum Gasteiger partial charge on any atom is -0.412 e. The monoisotopic (exact) mass is 260 g/mol. The second kappa shape index (κ2) is 16.3. The Morgan fingerprint density at radius 2 is 0.933 bits per heavy atom. The molecule has 0 aliphatic carbocycles. The number of aliphatic hydroxyl groups is 2. The van der Waals surface area contributed by atoms with Gasteiger partial charge < -0.3 is 21.2 Å². The SMILES string of the molecule is CC(=O)C(C)O.CC(=O)C(C)O.O.O.[Ti]. The van der Waals surface area contributed by atoms with Gasteiger partial charge in [0.15, 0.2) is 11.6 Å². The molecule has 0 aromatic rings. The first-order valence-electron chi connectivity index (χ1n) is 3.66. The number of hydrogen-bond donors (Lipinski definition) is 2. The van der Waals surface area contributed by atoms with Crippen LogP contribution in [0.5, 0.6) is 0 Å². The molecule has 0 saturated heterocycles. The molecule has 0 heterocycles. The molecule has 0 bridgehead atoms. The van der Waals surface area contributed by atoms with Crippen molar-refractivity contribution in [2.75, 3.05) is 0 Å². The van der Waals surface area contributed by atoms with Crippen molar-refractivity contribution in [1.29, 1.82) is 0 Å². The molecule has 0 fully saturated rings. The average molecular weight is 260 g/mol. The summed E-state index contributed by atoms with van der Waals surface area (Å²) in [6, 6.07) is 0. The standard InChI is InChI=1S/2C4H8O2.2H2O.Ti/c2*1-3(5)4(2)6;;;/h2*3,5H,1-2H3;2*1H2;. The number of ketones is 2. The number of carbonyl (C=O) groups excluding carboxylic acids is 2. The molecule has 0 spiro atoms. The molecule has 0 amide bonds. The molecule has 0 aromatic carbocycles. The zero-order valence-electron chi connectivity index (χ0n) is 9.37. The molecule has 15 heavy (non-hydrogen) atoms. The van der Waals surface area contributed by atoms with Gasteiger partial charge in [-0.25, -0.2) is 0 Å². The minimum absolute atomic E-state index is 0. The van der Waals surface area contributed by atoms with E-state index in [-0.39, 0.29) is 44.2 Å². The minimum atomic E-state index is -0.787. The van der Waals surface area contributed by atoms with Crippen LogP contribution in [0, 0.1) is 0 Å². The van der Waals surface area contributed by atoms with Crippen LogP contribution in [0.4, 0.5) is 0 Å². The molecule has 2 atom stereocenters. The molecule has 0 aliphatic rings. The summed E-state index contributed by atoms with van der Waals surface area (Å²) in [6.07, 6.45) is -1.57. The van der Waals surface area contributed by atoms with E-state index in [1.807, 2.05) is 0 Å². The second-order valence-corrected chi connectivity index (χ2v) is 2.57. The van der Waals surface area contributed by atoms with Crippen molar-refractivity contribution in [3.63, 3.8) is 0 Å². The Morgan fingerprint density at radius 1 is 0.867 bits per heavy atom. The van der Waals surface area contributed by atoms with E-state index in [0.29, 0.717) is 0 Å². The first-order chi connectivity index (χ1) is 5.29. The van der Waals surface area contributed by atoms with Crippen LogP contribution >= 0.6 is 0 Å². The normalized spacial score (nSPS) is 11.1. The Balaban J connectivity index is -0.0000000370. The van der Waals surface area contributed by atoms with E-state index in [1.165, 1.54) is 27.7 Å². The van der Waals surface area contributed by atoms with Crippen LogP contribution in [0.2, 0.25) is 0 Å². The van der Waals surface area contributed by atoms with Gasteiger partial charge in [-0.1, -0.05) is 0 Å². The van der Waals surface area contributed by atoms with E-state index in [2.05, 4.69) is 0 Å². The molecule has 6 nitrogen and oxygen atoms in total. The summed E-state index contributed by atoms with van der Waals surface area (Å²) in [5, 5.41) is 16.6. The third kappa shape index (κ3) is 31.5. The number of aliphatic hydroxyl groups excluding tert-OH is 2. The predicted octanol–water partition coefficient (Wildman–Crippen LogP) is -1.74. The van der Waals surface area contributed by atoms with Gasteiger partial charge in [-0.2, -0.15) is 0 Å². The fourth-order valence-corrected chi connectivity index (χ4v) is 0. The summed E-state index contributed by atoms with van der Waals surface area (Å²) in [7, 11) is 0. The topological polar surface area (TPSA) is 138 Å². The molecule has 92 valence electrons. The quantitative estimate of drug-likeness (QED) is 0.569. The summed E-state index contributed by atoms with van der Waals surface area (Å²) in [5.74, 6) is -0.370. The zero-order valence-corrected chi connectivity index (χ0v) is 10.9. The molecular formula is C8H20O6Ti. The van der Waals surface area contributed by atoms with Crippen LogP contribution in [0.25, 0.3) is 0 Å². The molecule has 0 aliphatic heterocycles. The summed E-state index contributed by atoms with van der Waals surface area (Å²) in [6.45, 7) is 5.60. The zero-order chi connectivity index (χ0) is 10.3. The van der Waals surface area contributed by atoms with E-state index in [1.54, 1.807) is 0 Å². The Hall–Kier alpha value is -0.106. The van der Waals surface area contributed by atoms with E-state index >= 15 is 0 Å². The third-order valence-electron chi connectivity index (χ3n) is 1.18. The van der Waals surface area contributed by atoms with Crippen LogP contribution in [0.15, 0.2) is 0 Å². The van der Waals surface area contributed by atoms with Gasteiger partial charge >= 0.3 is 0 Å². The van der Waals surface area contributed by atoms with Gasteiger partial charge in [0.05, 0.1) is 0 Å². The molecule has 0 aromatic heterocycles. The maximum atomic E-state index is 9.89. The predicted molar refractivity (Wildman–Crippen MR) is 52.0 cm³/mol. The van der Waals surface area contributed by atoms with Gasteiger partial charge in [0, 0.05) is 21.7 Å². The molecule has 7 heteroatoms. The Morgan fingerprint density at radius 3 is 0.933 bits per heavy atom. The van der Waals surface area contributed by atoms with Crippen molar-refractivity contribution in [1.82, 2.24) is 0 Å². The summed E-state index contributed by atoms with van der Waals surface area (Å²) in [4.78, 5) is 19.8. The van der Waals surface area contributed by atoms with Gasteiger partial charge in [-0.3, -0.25) is 9.59 Å². The largest absolute Gasteiger partial charge is 0.412 e. The van der Waals surface area contributed by atoms with Gasteiger partial charge in [0.2, 0.25) is 0 Å². The van der Waals surface area contributed by atoms with Crippen LogP contribution in [-0.4, -0.2) is 44.9 Å². The summed E-state index contributed by atoms with van der Waals surface area (Å²) in [5.41, 5.74) is 0. The number of Topliss-reactive ketones (excluding diaryl/α,β-unsaturated/α-hetero) is 2. The maximum Gasteiger partial charge on any atom is 0.157 e. The summed E-state index contributed by atoms with van der Waals surface area (Å²) >= 11 is 0. The fourth-order valence-electron chi connectivity index (χ4n) is 0. The van der Waals surface area contributed by atoms with Crippen molar-refractivity contribution in [2.24, 2.45) is 0 Å². The first kappa shape index (κ1) is 29.4.